The zero-order chi connectivity index (χ0) is 16.4. The molecule has 0 aliphatic heterocycles. The minimum atomic E-state index is -0.382. The van der Waals surface area contributed by atoms with E-state index in [9.17, 15) is 9.59 Å². The number of esters is 1. The normalized spacial score (nSPS) is 13.8. The number of methoxy groups -OCH3 is 1. The first-order valence-corrected chi connectivity index (χ1v) is 8.83. The van der Waals surface area contributed by atoms with Gasteiger partial charge in [-0.25, -0.2) is 4.98 Å². The molecule has 0 unspecified atom stereocenters. The molecular formula is C16H21N3O3S. The molecule has 1 aliphatic carbocycles. The number of carbonyl (C=O) groups is 1. The fourth-order valence-electron chi connectivity index (χ4n) is 3.03. The third-order valence-electron chi connectivity index (χ3n) is 4.14. The van der Waals surface area contributed by atoms with Gasteiger partial charge in [-0.2, -0.15) is 0 Å². The van der Waals surface area contributed by atoms with E-state index in [4.69, 9.17) is 0 Å². The molecule has 124 valence electrons. The Balaban J connectivity index is 2.10. The molecule has 7 heteroatoms. The summed E-state index contributed by atoms with van der Waals surface area (Å²) in [5, 5.41) is 3.73. The van der Waals surface area contributed by atoms with Crippen LogP contribution >= 0.6 is 11.3 Å². The lowest BCUT2D eigenvalue weighted by atomic mass is 9.97. The van der Waals surface area contributed by atoms with Crippen molar-refractivity contribution in [3.63, 3.8) is 0 Å². The first kappa shape index (κ1) is 16.0. The van der Waals surface area contributed by atoms with Crippen LogP contribution in [0.15, 0.2) is 4.79 Å². The minimum Gasteiger partial charge on any atom is -0.468 e. The van der Waals surface area contributed by atoms with Crippen molar-refractivity contribution in [1.82, 2.24) is 9.55 Å². The Morgan fingerprint density at radius 2 is 2.17 bits per heavy atom. The number of hydrogen-bond donors (Lipinski definition) is 1. The van der Waals surface area contributed by atoms with E-state index in [0.29, 0.717) is 12.5 Å². The Hall–Kier alpha value is -1.89. The second-order valence-electron chi connectivity index (χ2n) is 5.71. The molecule has 0 saturated carbocycles. The maximum absolute atomic E-state index is 13.0. The van der Waals surface area contributed by atoms with Crippen LogP contribution in [0.3, 0.4) is 0 Å². The van der Waals surface area contributed by atoms with Gasteiger partial charge in [0, 0.05) is 11.4 Å². The summed E-state index contributed by atoms with van der Waals surface area (Å²) in [5.74, 6) is 0.0706. The quantitative estimate of drug-likeness (QED) is 0.849. The third-order valence-corrected chi connectivity index (χ3v) is 5.33. The number of aromatic nitrogens is 2. The van der Waals surface area contributed by atoms with Gasteiger partial charge < -0.3 is 10.1 Å². The number of hydrogen-bond acceptors (Lipinski definition) is 6. The van der Waals surface area contributed by atoms with Crippen LogP contribution in [0.4, 0.5) is 5.95 Å². The van der Waals surface area contributed by atoms with Crippen LogP contribution < -0.4 is 10.9 Å². The van der Waals surface area contributed by atoms with E-state index in [1.165, 1.54) is 24.0 Å². The number of anilines is 1. The van der Waals surface area contributed by atoms with E-state index in [-0.39, 0.29) is 18.1 Å². The molecule has 0 amide bonds. The van der Waals surface area contributed by atoms with Crippen LogP contribution in [0, 0.1) is 0 Å². The maximum Gasteiger partial charge on any atom is 0.325 e. The monoisotopic (exact) mass is 335 g/mol. The van der Waals surface area contributed by atoms with Gasteiger partial charge in [-0.05, 0) is 37.7 Å². The van der Waals surface area contributed by atoms with E-state index in [0.717, 1.165) is 35.9 Å². The highest BCUT2D eigenvalue weighted by molar-refractivity contribution is 7.18. The Bertz CT molecular complexity index is 794. The van der Waals surface area contributed by atoms with Crippen LogP contribution in [0.2, 0.25) is 0 Å². The second-order valence-corrected chi connectivity index (χ2v) is 6.80. The Labute approximate surface area is 138 Å². The fourth-order valence-corrected chi connectivity index (χ4v) is 4.28. The molecule has 1 aliphatic rings. The van der Waals surface area contributed by atoms with Crippen molar-refractivity contribution in [3.05, 3.63) is 20.8 Å². The summed E-state index contributed by atoms with van der Waals surface area (Å²) in [4.78, 5) is 31.0. The summed E-state index contributed by atoms with van der Waals surface area (Å²) in [6.07, 6.45) is 5.14. The number of carbonyl (C=O) groups excluding carboxylic acids is 1. The SMILES string of the molecule is CCCn1c(NCC(=O)OC)nc2sc3c(c2c1=O)CCCC3. The zero-order valence-electron chi connectivity index (χ0n) is 13.5. The molecule has 0 bridgehead atoms. The van der Waals surface area contributed by atoms with E-state index in [1.807, 2.05) is 6.92 Å². The smallest absolute Gasteiger partial charge is 0.325 e. The molecular weight excluding hydrogens is 314 g/mol. The molecule has 0 atom stereocenters. The van der Waals surface area contributed by atoms with Crippen molar-refractivity contribution < 1.29 is 9.53 Å². The van der Waals surface area contributed by atoms with Gasteiger partial charge >= 0.3 is 5.97 Å². The molecule has 2 aromatic heterocycles. The van der Waals surface area contributed by atoms with Crippen molar-refractivity contribution in [2.75, 3.05) is 19.0 Å². The van der Waals surface area contributed by atoms with Crippen LogP contribution in [0.5, 0.6) is 0 Å². The molecule has 1 N–H and O–H groups in total. The minimum absolute atomic E-state index is 0.00322. The Kier molecular flexibility index (Phi) is 4.66. The van der Waals surface area contributed by atoms with Gasteiger partial charge in [0.1, 0.15) is 11.4 Å². The van der Waals surface area contributed by atoms with E-state index < -0.39 is 0 Å². The highest BCUT2D eigenvalue weighted by Crippen LogP contribution is 2.34. The first-order chi connectivity index (χ1) is 11.2. The van der Waals surface area contributed by atoms with Gasteiger partial charge in [0.2, 0.25) is 5.95 Å². The number of rotatable bonds is 5. The van der Waals surface area contributed by atoms with Crippen LogP contribution in [-0.2, 0) is 28.9 Å². The molecule has 0 aromatic carbocycles. The molecule has 3 rings (SSSR count). The van der Waals surface area contributed by atoms with Crippen LogP contribution in [-0.4, -0.2) is 29.2 Å². The van der Waals surface area contributed by atoms with Gasteiger partial charge in [0.25, 0.3) is 5.56 Å². The van der Waals surface area contributed by atoms with Gasteiger partial charge in [-0.1, -0.05) is 6.92 Å². The number of nitrogens with zero attached hydrogens (tertiary/aromatic N) is 2. The fraction of sp³-hybridized carbons (Fsp3) is 0.562. The van der Waals surface area contributed by atoms with Crippen LogP contribution in [0.25, 0.3) is 10.2 Å². The topological polar surface area (TPSA) is 73.2 Å². The summed E-state index contributed by atoms with van der Waals surface area (Å²) in [7, 11) is 1.34. The highest BCUT2D eigenvalue weighted by atomic mass is 32.1. The summed E-state index contributed by atoms with van der Waals surface area (Å²) in [6.45, 7) is 2.60. The summed E-state index contributed by atoms with van der Waals surface area (Å²) >= 11 is 1.61. The molecule has 0 radical (unpaired) electrons. The van der Waals surface area contributed by atoms with Crippen molar-refractivity contribution in [2.45, 2.75) is 45.6 Å². The highest BCUT2D eigenvalue weighted by Gasteiger charge is 2.22. The van der Waals surface area contributed by atoms with Crippen molar-refractivity contribution in [3.8, 4) is 0 Å². The zero-order valence-corrected chi connectivity index (χ0v) is 14.3. The maximum atomic E-state index is 13.0. The number of ether oxygens (including phenoxy) is 1. The molecule has 2 heterocycles. The number of thiophene rings is 1. The lowest BCUT2D eigenvalue weighted by Gasteiger charge is -2.13. The number of nitrogens with one attached hydrogen (secondary N) is 1. The third kappa shape index (κ3) is 2.97. The van der Waals surface area contributed by atoms with Gasteiger partial charge in [0.15, 0.2) is 0 Å². The second kappa shape index (κ2) is 6.70. The molecule has 23 heavy (non-hydrogen) atoms. The summed E-state index contributed by atoms with van der Waals surface area (Å²) in [5.41, 5.74) is 1.20. The van der Waals surface area contributed by atoms with Crippen molar-refractivity contribution >= 4 is 33.5 Å². The van der Waals surface area contributed by atoms with Crippen molar-refractivity contribution in [2.24, 2.45) is 0 Å². The number of fused-ring (bicyclic) bond motifs is 3. The molecule has 6 nitrogen and oxygen atoms in total. The van der Waals surface area contributed by atoms with Crippen LogP contribution in [0.1, 0.15) is 36.6 Å². The molecule has 2 aromatic rings. The predicted molar refractivity (Wildman–Crippen MR) is 91.3 cm³/mol. The Morgan fingerprint density at radius 1 is 1.39 bits per heavy atom. The van der Waals surface area contributed by atoms with Gasteiger partial charge in [-0.3, -0.25) is 14.2 Å². The lowest BCUT2D eigenvalue weighted by molar-refractivity contribution is -0.138. The largest absolute Gasteiger partial charge is 0.468 e. The average Bonchev–Trinajstić information content (AvgIpc) is 2.94. The summed E-state index contributed by atoms with van der Waals surface area (Å²) < 4.78 is 6.29. The number of aryl methyl sites for hydroxylation is 2. The van der Waals surface area contributed by atoms with Crippen molar-refractivity contribution in [1.29, 1.82) is 0 Å². The lowest BCUT2D eigenvalue weighted by Crippen LogP contribution is -2.27. The van der Waals surface area contributed by atoms with E-state index in [1.54, 1.807) is 15.9 Å². The average molecular weight is 335 g/mol. The van der Waals surface area contributed by atoms with E-state index >= 15 is 0 Å². The van der Waals surface area contributed by atoms with E-state index in [2.05, 4.69) is 15.0 Å². The molecule has 0 fully saturated rings. The van der Waals surface area contributed by atoms with Gasteiger partial charge in [-0.15, -0.1) is 11.3 Å². The molecule has 0 spiro atoms. The Morgan fingerprint density at radius 3 is 2.91 bits per heavy atom. The molecule has 0 saturated heterocycles. The standard InChI is InChI=1S/C16H21N3O3S/c1-3-8-19-15(21)13-10-6-4-5-7-11(10)23-14(13)18-16(19)17-9-12(20)22-2/h3-9H2,1-2H3,(H,17,18). The predicted octanol–water partition coefficient (Wildman–Crippen LogP) is 2.33. The first-order valence-electron chi connectivity index (χ1n) is 8.01. The summed E-state index contributed by atoms with van der Waals surface area (Å²) in [6, 6.07) is 0. The van der Waals surface area contributed by atoms with Gasteiger partial charge in [0.05, 0.1) is 12.5 Å².